The van der Waals surface area contributed by atoms with Gasteiger partial charge in [-0.25, -0.2) is 4.39 Å². The summed E-state index contributed by atoms with van der Waals surface area (Å²) >= 11 is 0. The van der Waals surface area contributed by atoms with Gasteiger partial charge in [-0.15, -0.1) is 0 Å². The van der Waals surface area contributed by atoms with Crippen LogP contribution in [0.2, 0.25) is 0 Å². The second-order valence-corrected chi connectivity index (χ2v) is 6.16. The summed E-state index contributed by atoms with van der Waals surface area (Å²) in [5.41, 5.74) is 1.21. The Kier molecular flexibility index (Phi) is 3.62. The van der Waals surface area contributed by atoms with Gasteiger partial charge in [0.2, 0.25) is 0 Å². The van der Waals surface area contributed by atoms with Gasteiger partial charge in [0, 0.05) is 41.8 Å². The molecule has 0 atom stereocenters. The van der Waals surface area contributed by atoms with Crippen molar-refractivity contribution in [1.82, 2.24) is 9.88 Å². The Morgan fingerprint density at radius 1 is 1.07 bits per heavy atom. The first-order valence-electron chi connectivity index (χ1n) is 7.96. The van der Waals surface area contributed by atoms with E-state index in [1.54, 1.807) is 23.9 Å². The number of hydrogen-bond donors (Lipinski definition) is 1. The first-order valence-corrected chi connectivity index (χ1v) is 7.96. The Bertz CT molecular complexity index is 1190. The molecule has 2 amide bonds. The number of carbonyl (C=O) groups is 2. The number of nitrogens with zero attached hydrogens (tertiary/aromatic N) is 2. The van der Waals surface area contributed by atoms with Gasteiger partial charge in [0.05, 0.1) is 16.1 Å². The Morgan fingerprint density at radius 3 is 2.56 bits per heavy atom. The highest BCUT2D eigenvalue weighted by atomic mass is 19.1. The predicted molar refractivity (Wildman–Crippen MR) is 95.9 cm³/mol. The molecule has 0 spiro atoms. The van der Waals surface area contributed by atoms with Crippen molar-refractivity contribution in [2.45, 2.75) is 0 Å². The van der Waals surface area contributed by atoms with Crippen molar-refractivity contribution >= 4 is 39.6 Å². The summed E-state index contributed by atoms with van der Waals surface area (Å²) in [5.74, 6) is -1.75. The monoisotopic (exact) mass is 365 g/mol. The number of aromatic nitrogens is 1. The fraction of sp³-hybridized carbons (Fsp3) is 0.0526. The predicted octanol–water partition coefficient (Wildman–Crippen LogP) is 2.79. The van der Waals surface area contributed by atoms with E-state index in [1.165, 1.54) is 36.4 Å². The van der Waals surface area contributed by atoms with Crippen molar-refractivity contribution in [1.29, 1.82) is 0 Å². The summed E-state index contributed by atoms with van der Waals surface area (Å²) in [6.07, 6.45) is 1.63. The molecule has 0 aliphatic carbocycles. The number of aryl methyl sites for hydroxylation is 1. The minimum Gasteiger partial charge on any atom is -0.350 e. The highest BCUT2D eigenvalue weighted by molar-refractivity contribution is 6.50. The third-order valence-corrected chi connectivity index (χ3v) is 4.50. The van der Waals surface area contributed by atoms with Crippen LogP contribution in [0.15, 0.2) is 48.7 Å². The number of carbonyl (C=O) groups excluding carboxylic acids is 2. The molecule has 2 aromatic carbocycles. The second-order valence-electron chi connectivity index (χ2n) is 6.16. The molecule has 134 valence electrons. The summed E-state index contributed by atoms with van der Waals surface area (Å²) in [5, 5.41) is 13.8. The van der Waals surface area contributed by atoms with E-state index in [9.17, 15) is 24.1 Å². The zero-order chi connectivity index (χ0) is 19.3. The van der Waals surface area contributed by atoms with Crippen molar-refractivity contribution in [3.63, 3.8) is 0 Å². The van der Waals surface area contributed by atoms with Gasteiger partial charge in [0.25, 0.3) is 17.5 Å². The van der Waals surface area contributed by atoms with Crippen LogP contribution in [0.4, 0.5) is 10.1 Å². The van der Waals surface area contributed by atoms with Gasteiger partial charge in [-0.05, 0) is 23.8 Å². The molecule has 4 rings (SSSR count). The molecular weight excluding hydrogens is 353 g/mol. The number of halogens is 1. The van der Waals surface area contributed by atoms with Gasteiger partial charge in [0.1, 0.15) is 5.82 Å². The van der Waals surface area contributed by atoms with Crippen LogP contribution >= 0.6 is 0 Å². The van der Waals surface area contributed by atoms with Gasteiger partial charge in [-0.1, -0.05) is 12.1 Å². The fourth-order valence-corrected chi connectivity index (χ4v) is 3.33. The molecule has 1 aromatic heterocycles. The molecule has 1 aliphatic rings. The Hall–Kier alpha value is -3.81. The number of benzene rings is 2. The standard InChI is InChI=1S/C19H12FN3O4/c1-22-9-14(13-8-11(20)5-6-15(13)22)17-16(18(24)21-19(17)25)10-3-2-4-12(7-10)23(26)27/h2-9H,1H3,(H,21,24,25). The molecule has 3 aromatic rings. The lowest BCUT2D eigenvalue weighted by molar-refractivity contribution is -0.384. The second kappa shape index (κ2) is 5.87. The number of nitrogens with one attached hydrogen (secondary N) is 1. The summed E-state index contributed by atoms with van der Waals surface area (Å²) in [7, 11) is 1.74. The van der Waals surface area contributed by atoms with E-state index in [4.69, 9.17) is 0 Å². The first-order chi connectivity index (χ1) is 12.9. The quantitative estimate of drug-likeness (QED) is 0.439. The molecular formula is C19H12FN3O4. The lowest BCUT2D eigenvalue weighted by Gasteiger charge is -2.04. The third kappa shape index (κ3) is 2.58. The van der Waals surface area contributed by atoms with Crippen LogP contribution < -0.4 is 5.32 Å². The summed E-state index contributed by atoms with van der Waals surface area (Å²) in [4.78, 5) is 35.4. The maximum Gasteiger partial charge on any atom is 0.270 e. The minimum atomic E-state index is -0.649. The molecule has 1 N–H and O–H groups in total. The lowest BCUT2D eigenvalue weighted by Crippen LogP contribution is -2.22. The molecule has 1 aliphatic heterocycles. The van der Waals surface area contributed by atoms with Crippen LogP contribution in [-0.2, 0) is 16.6 Å². The van der Waals surface area contributed by atoms with Crippen molar-refractivity contribution < 1.29 is 18.9 Å². The first kappa shape index (κ1) is 16.6. The van der Waals surface area contributed by atoms with Crippen LogP contribution in [0.3, 0.4) is 0 Å². The Labute approximate surface area is 151 Å². The number of rotatable bonds is 3. The van der Waals surface area contributed by atoms with Crippen molar-refractivity contribution in [3.8, 4) is 0 Å². The smallest absolute Gasteiger partial charge is 0.270 e. The molecule has 0 unspecified atom stereocenters. The zero-order valence-electron chi connectivity index (χ0n) is 14.0. The molecule has 0 radical (unpaired) electrons. The SMILES string of the molecule is Cn1cc(C2=C(c3cccc([N+](=O)[O-])c3)C(=O)NC2=O)c2cc(F)ccc21. The van der Waals surface area contributed by atoms with Gasteiger partial charge in [0.15, 0.2) is 0 Å². The number of amides is 2. The molecule has 8 heteroatoms. The molecule has 2 heterocycles. The number of imide groups is 1. The third-order valence-electron chi connectivity index (χ3n) is 4.50. The average Bonchev–Trinajstić information content (AvgIpc) is 3.10. The maximum absolute atomic E-state index is 13.8. The average molecular weight is 365 g/mol. The Balaban J connectivity index is 2.03. The van der Waals surface area contributed by atoms with E-state index in [0.29, 0.717) is 16.5 Å². The van der Waals surface area contributed by atoms with Crippen LogP contribution in [0.5, 0.6) is 0 Å². The molecule has 0 saturated carbocycles. The highest BCUT2D eigenvalue weighted by Gasteiger charge is 2.34. The molecule has 27 heavy (non-hydrogen) atoms. The number of nitro benzene ring substituents is 1. The molecule has 0 fully saturated rings. The normalized spacial score (nSPS) is 14.1. The van der Waals surface area contributed by atoms with Crippen LogP contribution in [0.1, 0.15) is 11.1 Å². The number of nitro groups is 1. The van der Waals surface area contributed by atoms with Crippen molar-refractivity contribution in [3.05, 3.63) is 75.7 Å². The molecule has 0 bridgehead atoms. The largest absolute Gasteiger partial charge is 0.350 e. The van der Waals surface area contributed by atoms with Gasteiger partial charge >= 0.3 is 0 Å². The molecule has 7 nitrogen and oxygen atoms in total. The maximum atomic E-state index is 13.8. The van der Waals surface area contributed by atoms with E-state index in [2.05, 4.69) is 5.32 Å². The summed E-state index contributed by atoms with van der Waals surface area (Å²) in [6.45, 7) is 0. The Morgan fingerprint density at radius 2 is 1.81 bits per heavy atom. The van der Waals surface area contributed by atoms with E-state index < -0.39 is 22.6 Å². The zero-order valence-corrected chi connectivity index (χ0v) is 14.0. The van der Waals surface area contributed by atoms with Crippen molar-refractivity contribution in [2.75, 3.05) is 0 Å². The summed E-state index contributed by atoms with van der Waals surface area (Å²) in [6, 6.07) is 9.67. The number of hydrogen-bond acceptors (Lipinski definition) is 4. The van der Waals surface area contributed by atoms with E-state index in [-0.39, 0.29) is 22.4 Å². The van der Waals surface area contributed by atoms with Gasteiger partial charge < -0.3 is 4.57 Å². The van der Waals surface area contributed by atoms with Crippen LogP contribution in [0, 0.1) is 15.9 Å². The van der Waals surface area contributed by atoms with Gasteiger partial charge in [-0.3, -0.25) is 25.0 Å². The van der Waals surface area contributed by atoms with Gasteiger partial charge in [-0.2, -0.15) is 0 Å². The minimum absolute atomic E-state index is 0.0282. The van der Waals surface area contributed by atoms with E-state index >= 15 is 0 Å². The lowest BCUT2D eigenvalue weighted by atomic mass is 9.95. The fourth-order valence-electron chi connectivity index (χ4n) is 3.33. The number of non-ortho nitro benzene ring substituents is 1. The highest BCUT2D eigenvalue weighted by Crippen LogP contribution is 2.36. The van der Waals surface area contributed by atoms with Crippen LogP contribution in [-0.4, -0.2) is 21.3 Å². The molecule has 0 saturated heterocycles. The van der Waals surface area contributed by atoms with Crippen LogP contribution in [0.25, 0.3) is 22.0 Å². The van der Waals surface area contributed by atoms with E-state index in [0.717, 1.165) is 0 Å². The topological polar surface area (TPSA) is 94.2 Å². The van der Waals surface area contributed by atoms with Crippen molar-refractivity contribution in [2.24, 2.45) is 7.05 Å². The summed E-state index contributed by atoms with van der Waals surface area (Å²) < 4.78 is 15.5. The number of fused-ring (bicyclic) bond motifs is 1. The van der Waals surface area contributed by atoms with E-state index in [1.807, 2.05) is 0 Å².